The number of aromatic amines is 1. The summed E-state index contributed by atoms with van der Waals surface area (Å²) >= 11 is 3.11. The van der Waals surface area contributed by atoms with Crippen molar-refractivity contribution in [3.63, 3.8) is 0 Å². The first kappa shape index (κ1) is 25.4. The molecule has 6 rings (SSSR count). The van der Waals surface area contributed by atoms with E-state index in [0.29, 0.717) is 28.1 Å². The van der Waals surface area contributed by atoms with Gasteiger partial charge in [-0.3, -0.25) is 4.90 Å². The van der Waals surface area contributed by atoms with Crippen LogP contribution in [0.2, 0.25) is 0 Å². The van der Waals surface area contributed by atoms with Crippen molar-refractivity contribution in [2.45, 2.75) is 63.5 Å². The van der Waals surface area contributed by atoms with E-state index in [2.05, 4.69) is 25.9 Å². The largest absolute Gasteiger partial charge is 0.444 e. The van der Waals surface area contributed by atoms with Crippen LogP contribution in [0.4, 0.5) is 22.4 Å². The van der Waals surface area contributed by atoms with Crippen molar-refractivity contribution in [2.24, 2.45) is 5.41 Å². The monoisotopic (exact) mass is 591 g/mol. The predicted octanol–water partition coefficient (Wildman–Crippen LogP) is 8.17. The second-order valence-electron chi connectivity index (χ2n) is 11.6. The Morgan fingerprint density at radius 1 is 1.05 bits per heavy atom. The zero-order chi connectivity index (χ0) is 27.3. The molecule has 10 heteroatoms. The number of hydrogen-bond donors (Lipinski definition) is 1. The van der Waals surface area contributed by atoms with Crippen molar-refractivity contribution in [3.8, 4) is 22.4 Å². The Hall–Kier alpha value is -2.88. The Bertz CT molecular complexity index is 1460. The number of fused-ring (bicyclic) bond motifs is 3. The summed E-state index contributed by atoms with van der Waals surface area (Å²) in [4.78, 5) is 22.3. The summed E-state index contributed by atoms with van der Waals surface area (Å²) < 4.78 is 66.5. The van der Waals surface area contributed by atoms with E-state index in [0.717, 1.165) is 31.4 Å². The Morgan fingerprint density at radius 2 is 1.68 bits per heavy atom. The molecule has 1 unspecified atom stereocenters. The van der Waals surface area contributed by atoms with Gasteiger partial charge < -0.3 is 9.72 Å². The Labute approximate surface area is 225 Å². The molecule has 1 aromatic heterocycles. The number of nitrogens with one attached hydrogen (secondary N) is 1. The van der Waals surface area contributed by atoms with Crippen molar-refractivity contribution < 1.29 is 27.1 Å². The number of amides is 1. The number of benzene rings is 2. The number of likely N-dealkylation sites (tertiary alicyclic amines) is 1. The first-order valence-corrected chi connectivity index (χ1v) is 13.3. The zero-order valence-corrected chi connectivity index (χ0v) is 22.6. The summed E-state index contributed by atoms with van der Waals surface area (Å²) in [6.45, 7) is 5.99. The van der Waals surface area contributed by atoms with Crippen molar-refractivity contribution in [1.82, 2.24) is 14.9 Å². The lowest BCUT2D eigenvalue weighted by Crippen LogP contribution is -2.39. The third kappa shape index (κ3) is 3.94. The minimum Gasteiger partial charge on any atom is -0.444 e. The lowest BCUT2D eigenvalue weighted by Gasteiger charge is -2.35. The average molecular weight is 592 g/mol. The Balaban J connectivity index is 1.36. The SMILES string of the molecule is CC(C)(C)OC(=O)N1CC2(CC2)CC1c1ncc(-c2ccc3c(c2)C(F)(F)C(F)(F)c2cc(Br)ccc2-3)[nH]1. The highest BCUT2D eigenvalue weighted by Gasteiger charge is 2.63. The average Bonchev–Trinajstić information content (AvgIpc) is 3.23. The van der Waals surface area contributed by atoms with E-state index in [1.54, 1.807) is 37.8 Å². The van der Waals surface area contributed by atoms with Crippen LogP contribution in [0, 0.1) is 5.41 Å². The van der Waals surface area contributed by atoms with Crippen LogP contribution in [0.25, 0.3) is 22.4 Å². The van der Waals surface area contributed by atoms with Gasteiger partial charge in [-0.15, -0.1) is 0 Å². The highest BCUT2D eigenvalue weighted by molar-refractivity contribution is 9.10. The van der Waals surface area contributed by atoms with Gasteiger partial charge in [0.2, 0.25) is 0 Å². The van der Waals surface area contributed by atoms with Crippen molar-refractivity contribution >= 4 is 22.0 Å². The molecule has 2 heterocycles. The molecule has 1 saturated heterocycles. The molecule has 1 aliphatic heterocycles. The van der Waals surface area contributed by atoms with Crippen LogP contribution in [0.3, 0.4) is 0 Å². The van der Waals surface area contributed by atoms with Gasteiger partial charge in [-0.2, -0.15) is 17.6 Å². The number of H-pyrrole nitrogens is 1. The van der Waals surface area contributed by atoms with Gasteiger partial charge in [0.25, 0.3) is 0 Å². The molecule has 1 atom stereocenters. The lowest BCUT2D eigenvalue weighted by molar-refractivity contribution is -0.225. The normalized spacial score (nSPS) is 22.2. The molecule has 2 aliphatic carbocycles. The quantitative estimate of drug-likeness (QED) is 0.306. The number of aromatic nitrogens is 2. The molecule has 1 saturated carbocycles. The first-order chi connectivity index (χ1) is 17.7. The molecule has 2 aromatic carbocycles. The van der Waals surface area contributed by atoms with Crippen LogP contribution >= 0.6 is 15.9 Å². The van der Waals surface area contributed by atoms with Crippen molar-refractivity contribution in [3.05, 3.63) is 64.0 Å². The number of alkyl halides is 4. The molecule has 1 spiro atoms. The molecule has 0 radical (unpaired) electrons. The number of hydrogen-bond acceptors (Lipinski definition) is 3. The van der Waals surface area contributed by atoms with Gasteiger partial charge in [0.1, 0.15) is 11.4 Å². The second kappa shape index (κ2) is 8.07. The van der Waals surface area contributed by atoms with Gasteiger partial charge >= 0.3 is 17.9 Å². The molecule has 3 aliphatic rings. The van der Waals surface area contributed by atoms with Gasteiger partial charge in [0.05, 0.1) is 17.9 Å². The number of halogens is 5. The smallest absolute Gasteiger partial charge is 0.410 e. The summed E-state index contributed by atoms with van der Waals surface area (Å²) in [5.74, 6) is -8.28. The molecule has 5 nitrogen and oxygen atoms in total. The van der Waals surface area contributed by atoms with Crippen LogP contribution in [-0.2, 0) is 16.6 Å². The summed E-state index contributed by atoms with van der Waals surface area (Å²) in [5.41, 5.74) is -1.20. The number of nitrogens with zero attached hydrogens (tertiary/aromatic N) is 2. The van der Waals surface area contributed by atoms with Crippen LogP contribution in [0.15, 0.2) is 47.1 Å². The fourth-order valence-corrected chi connectivity index (χ4v) is 5.92. The fraction of sp³-hybridized carbons (Fsp3) is 0.429. The first-order valence-electron chi connectivity index (χ1n) is 12.5. The minimum absolute atomic E-state index is 0.0520. The maximum atomic E-state index is 15.3. The van der Waals surface area contributed by atoms with Gasteiger partial charge in [0.15, 0.2) is 0 Å². The molecule has 200 valence electrons. The van der Waals surface area contributed by atoms with E-state index in [1.165, 1.54) is 18.3 Å². The molecule has 0 bridgehead atoms. The molecular weight excluding hydrogens is 566 g/mol. The highest BCUT2D eigenvalue weighted by Crippen LogP contribution is 2.60. The van der Waals surface area contributed by atoms with Crippen molar-refractivity contribution in [2.75, 3.05) is 6.54 Å². The number of carbonyl (C=O) groups is 1. The number of rotatable bonds is 2. The van der Waals surface area contributed by atoms with Crippen molar-refractivity contribution in [1.29, 1.82) is 0 Å². The standard InChI is InChI=1S/C28H26BrF4N3O2/c1-25(2,3)38-24(37)36-14-26(8-9-26)12-22(36)23-34-13-21(35-23)15-4-6-17-18-7-5-16(29)11-20(18)28(32,33)27(30,31)19(17)10-15/h4-7,10-11,13,22H,8-9,12,14H2,1-3H3,(H,34,35). The van der Waals surface area contributed by atoms with E-state index < -0.39 is 34.7 Å². The van der Waals surface area contributed by atoms with Crippen LogP contribution < -0.4 is 0 Å². The van der Waals surface area contributed by atoms with Crippen LogP contribution in [0.1, 0.15) is 63.0 Å². The summed E-state index contributed by atoms with van der Waals surface area (Å²) in [6.07, 6.45) is 3.82. The second-order valence-corrected chi connectivity index (χ2v) is 12.5. The van der Waals surface area contributed by atoms with E-state index >= 15 is 17.6 Å². The maximum Gasteiger partial charge on any atom is 0.410 e. The molecular formula is C28H26BrF4N3O2. The lowest BCUT2D eigenvalue weighted by atomic mass is 9.80. The van der Waals surface area contributed by atoms with Gasteiger partial charge in [-0.25, -0.2) is 9.78 Å². The molecule has 1 amide bonds. The summed E-state index contributed by atoms with van der Waals surface area (Å²) in [5, 5.41) is 0. The molecule has 2 fully saturated rings. The maximum absolute atomic E-state index is 15.3. The zero-order valence-electron chi connectivity index (χ0n) is 21.0. The van der Waals surface area contributed by atoms with Gasteiger partial charge in [-0.1, -0.05) is 34.1 Å². The van der Waals surface area contributed by atoms with E-state index in [-0.39, 0.29) is 22.6 Å². The Kier molecular flexibility index (Phi) is 5.39. The minimum atomic E-state index is -4.41. The van der Waals surface area contributed by atoms with Crippen LogP contribution in [-0.4, -0.2) is 33.1 Å². The fourth-order valence-electron chi connectivity index (χ4n) is 5.56. The predicted molar refractivity (Wildman–Crippen MR) is 137 cm³/mol. The van der Waals surface area contributed by atoms with E-state index in [9.17, 15) is 4.79 Å². The number of ether oxygens (including phenoxy) is 1. The van der Waals surface area contributed by atoms with Crippen LogP contribution in [0.5, 0.6) is 0 Å². The number of imidazole rings is 1. The van der Waals surface area contributed by atoms with Gasteiger partial charge in [-0.05, 0) is 74.8 Å². The number of carbonyl (C=O) groups excluding carboxylic acids is 1. The molecule has 1 N–H and O–H groups in total. The third-order valence-corrected chi connectivity index (χ3v) is 8.17. The van der Waals surface area contributed by atoms with E-state index in [1.807, 2.05) is 0 Å². The molecule has 38 heavy (non-hydrogen) atoms. The molecule has 3 aromatic rings. The Morgan fingerprint density at radius 3 is 2.32 bits per heavy atom. The summed E-state index contributed by atoms with van der Waals surface area (Å²) in [7, 11) is 0. The van der Waals surface area contributed by atoms with E-state index in [4.69, 9.17) is 4.74 Å². The topological polar surface area (TPSA) is 58.2 Å². The van der Waals surface area contributed by atoms with Gasteiger partial charge in [0, 0.05) is 27.7 Å². The summed E-state index contributed by atoms with van der Waals surface area (Å²) in [6, 6.07) is 7.85. The highest BCUT2D eigenvalue weighted by atomic mass is 79.9. The third-order valence-electron chi connectivity index (χ3n) is 7.68.